The minimum atomic E-state index is -0.820. The van der Waals surface area contributed by atoms with Crippen molar-refractivity contribution in [1.82, 2.24) is 10.9 Å². The van der Waals surface area contributed by atoms with Gasteiger partial charge in [0.1, 0.15) is 0 Å². The van der Waals surface area contributed by atoms with Gasteiger partial charge in [0.15, 0.2) is 5.75 Å². The number of nitro groups is 1. The number of anilines is 1. The third-order valence-corrected chi connectivity index (χ3v) is 5.80. The zero-order valence-corrected chi connectivity index (χ0v) is 20.2. The van der Waals surface area contributed by atoms with E-state index in [0.29, 0.717) is 10.6 Å². The number of carbonyl (C=O) groups is 2. The van der Waals surface area contributed by atoms with Gasteiger partial charge in [0, 0.05) is 33.9 Å². The first kappa shape index (κ1) is 25.3. The highest BCUT2D eigenvalue weighted by Crippen LogP contribution is 2.28. The third-order valence-electron chi connectivity index (χ3n) is 5.54. The van der Waals surface area contributed by atoms with Crippen molar-refractivity contribution in [3.8, 4) is 16.9 Å². The van der Waals surface area contributed by atoms with Crippen molar-refractivity contribution in [3.63, 3.8) is 0 Å². The van der Waals surface area contributed by atoms with Crippen LogP contribution in [0.2, 0.25) is 5.02 Å². The van der Waals surface area contributed by atoms with Crippen molar-refractivity contribution in [2.45, 2.75) is 13.0 Å². The number of amides is 2. The zero-order chi connectivity index (χ0) is 26.5. The average Bonchev–Trinajstić information content (AvgIpc) is 3.39. The van der Waals surface area contributed by atoms with E-state index in [-0.39, 0.29) is 17.4 Å². The van der Waals surface area contributed by atoms with E-state index < -0.39 is 28.2 Å². The van der Waals surface area contributed by atoms with E-state index in [2.05, 4.69) is 16.2 Å². The Morgan fingerprint density at radius 1 is 0.973 bits per heavy atom. The average molecular weight is 521 g/mol. The second kappa shape index (κ2) is 10.8. The van der Waals surface area contributed by atoms with Crippen molar-refractivity contribution in [2.24, 2.45) is 0 Å². The third kappa shape index (κ3) is 5.88. The number of nitro benzene ring substituents is 1. The molecule has 0 aliphatic carbocycles. The fourth-order valence-corrected chi connectivity index (χ4v) is 3.72. The molecule has 0 bridgehead atoms. The molecule has 0 saturated heterocycles. The Hall–Kier alpha value is -4.83. The molecule has 37 heavy (non-hydrogen) atoms. The largest absolute Gasteiger partial charge is 0.502 e. The molecule has 0 saturated carbocycles. The number of aromatic hydroxyl groups is 1. The second-order valence-electron chi connectivity index (χ2n) is 8.03. The summed E-state index contributed by atoms with van der Waals surface area (Å²) in [6.07, 6.45) is 1.36. The number of phenolic OH excluding ortho intramolecular Hbond substituents is 1. The van der Waals surface area contributed by atoms with Crippen LogP contribution in [0.1, 0.15) is 39.4 Å². The standard InChI is InChI=1S/C26H21ClN4O6/c1-15(28-20-9-7-19(27)8-10-20)16-2-4-17(5-3-16)21-12-13-37-24(21)26(34)30-29-25(33)18-6-11-23(32)22(14-18)31(35)36/h2-15,28,32H,1H3,(H,29,33)(H,30,34)/t15-/m1/s1. The minimum absolute atomic E-state index is 0.00767. The summed E-state index contributed by atoms with van der Waals surface area (Å²) in [5, 5.41) is 24.5. The van der Waals surface area contributed by atoms with Crippen LogP contribution in [-0.4, -0.2) is 21.8 Å². The normalized spacial score (nSPS) is 11.4. The van der Waals surface area contributed by atoms with E-state index in [1.165, 1.54) is 12.3 Å². The Bertz CT molecular complexity index is 1450. The number of nitrogens with one attached hydrogen (secondary N) is 3. The van der Waals surface area contributed by atoms with Gasteiger partial charge in [-0.3, -0.25) is 30.6 Å². The fraction of sp³-hybridized carbons (Fsp3) is 0.0769. The van der Waals surface area contributed by atoms with Crippen molar-refractivity contribution >= 4 is 34.8 Å². The van der Waals surface area contributed by atoms with Crippen LogP contribution >= 0.6 is 11.6 Å². The molecule has 4 N–H and O–H groups in total. The predicted molar refractivity (Wildman–Crippen MR) is 137 cm³/mol. The van der Waals surface area contributed by atoms with Crippen LogP contribution < -0.4 is 16.2 Å². The Morgan fingerprint density at radius 2 is 1.65 bits per heavy atom. The highest BCUT2D eigenvalue weighted by Gasteiger charge is 2.20. The monoisotopic (exact) mass is 520 g/mol. The molecule has 0 aliphatic heterocycles. The highest BCUT2D eigenvalue weighted by molar-refractivity contribution is 6.30. The first-order chi connectivity index (χ1) is 17.7. The number of rotatable bonds is 7. The van der Waals surface area contributed by atoms with E-state index in [4.69, 9.17) is 16.0 Å². The maximum atomic E-state index is 12.7. The smallest absolute Gasteiger partial charge is 0.311 e. The molecule has 0 radical (unpaired) electrons. The van der Waals surface area contributed by atoms with Gasteiger partial charge in [0.05, 0.1) is 11.2 Å². The van der Waals surface area contributed by atoms with E-state index in [1.54, 1.807) is 6.07 Å². The summed E-state index contributed by atoms with van der Waals surface area (Å²) in [4.78, 5) is 35.2. The molecule has 1 atom stereocenters. The number of carbonyl (C=O) groups excluding carboxylic acids is 2. The Kier molecular flexibility index (Phi) is 7.40. The summed E-state index contributed by atoms with van der Waals surface area (Å²) in [6.45, 7) is 2.02. The van der Waals surface area contributed by atoms with Gasteiger partial charge in [-0.25, -0.2) is 0 Å². The molecule has 188 valence electrons. The molecule has 4 aromatic rings. The Balaban J connectivity index is 1.41. The molecule has 0 unspecified atom stereocenters. The topological polar surface area (TPSA) is 147 Å². The van der Waals surface area contributed by atoms with Crippen LogP contribution in [0, 0.1) is 10.1 Å². The van der Waals surface area contributed by atoms with Gasteiger partial charge in [-0.15, -0.1) is 0 Å². The Labute approximate surface area is 216 Å². The quantitative estimate of drug-likeness (QED) is 0.187. The van der Waals surface area contributed by atoms with E-state index in [1.807, 2.05) is 55.5 Å². The van der Waals surface area contributed by atoms with Crippen molar-refractivity contribution in [1.29, 1.82) is 0 Å². The SMILES string of the molecule is C[C@@H](Nc1ccc(Cl)cc1)c1ccc(-c2ccoc2C(=O)NNC(=O)c2ccc(O)c([N+](=O)[O-])c2)cc1. The molecular weight excluding hydrogens is 500 g/mol. The minimum Gasteiger partial charge on any atom is -0.502 e. The number of phenols is 1. The van der Waals surface area contributed by atoms with E-state index >= 15 is 0 Å². The maximum Gasteiger partial charge on any atom is 0.311 e. The molecule has 2 amide bonds. The number of hydrogen-bond acceptors (Lipinski definition) is 7. The van der Waals surface area contributed by atoms with Crippen LogP contribution in [-0.2, 0) is 0 Å². The lowest BCUT2D eigenvalue weighted by Crippen LogP contribution is -2.41. The van der Waals surface area contributed by atoms with Crippen LogP contribution in [0.25, 0.3) is 11.1 Å². The fourth-order valence-electron chi connectivity index (χ4n) is 3.60. The molecule has 10 nitrogen and oxygen atoms in total. The van der Waals surface area contributed by atoms with Crippen LogP contribution in [0.3, 0.4) is 0 Å². The summed E-state index contributed by atoms with van der Waals surface area (Å²) < 4.78 is 5.34. The van der Waals surface area contributed by atoms with Gasteiger partial charge in [0.2, 0.25) is 5.76 Å². The molecular formula is C26H21ClN4O6. The van der Waals surface area contributed by atoms with Gasteiger partial charge < -0.3 is 14.8 Å². The number of benzene rings is 3. The van der Waals surface area contributed by atoms with Gasteiger partial charge >= 0.3 is 11.6 Å². The first-order valence-corrected chi connectivity index (χ1v) is 11.4. The molecule has 11 heteroatoms. The molecule has 1 heterocycles. The Morgan fingerprint density at radius 3 is 2.32 bits per heavy atom. The van der Waals surface area contributed by atoms with Crippen molar-refractivity contribution in [3.05, 3.63) is 111 Å². The summed E-state index contributed by atoms with van der Waals surface area (Å²) in [5.41, 5.74) is 6.84. The van der Waals surface area contributed by atoms with E-state index in [0.717, 1.165) is 28.9 Å². The number of furan rings is 1. The maximum absolute atomic E-state index is 12.7. The van der Waals surface area contributed by atoms with Crippen LogP contribution in [0.4, 0.5) is 11.4 Å². The lowest BCUT2D eigenvalue weighted by molar-refractivity contribution is -0.385. The lowest BCUT2D eigenvalue weighted by atomic mass is 10.0. The number of nitrogens with zero attached hydrogens (tertiary/aromatic N) is 1. The van der Waals surface area contributed by atoms with Crippen molar-refractivity contribution in [2.75, 3.05) is 5.32 Å². The number of halogens is 1. The summed E-state index contributed by atoms with van der Waals surface area (Å²) >= 11 is 5.94. The van der Waals surface area contributed by atoms with E-state index in [9.17, 15) is 24.8 Å². The molecule has 4 rings (SSSR count). The van der Waals surface area contributed by atoms with Crippen LogP contribution in [0.15, 0.2) is 83.5 Å². The summed E-state index contributed by atoms with van der Waals surface area (Å²) in [5.74, 6) is -2.14. The lowest BCUT2D eigenvalue weighted by Gasteiger charge is -2.16. The number of hydrazine groups is 1. The van der Waals surface area contributed by atoms with Gasteiger partial charge in [-0.2, -0.15) is 0 Å². The molecule has 1 aromatic heterocycles. The van der Waals surface area contributed by atoms with Crippen LogP contribution in [0.5, 0.6) is 5.75 Å². The van der Waals surface area contributed by atoms with Gasteiger partial charge in [0.25, 0.3) is 5.91 Å². The van der Waals surface area contributed by atoms with Gasteiger partial charge in [-0.05, 0) is 60.5 Å². The first-order valence-electron chi connectivity index (χ1n) is 11.0. The molecule has 0 aliphatic rings. The molecule has 3 aromatic carbocycles. The zero-order valence-electron chi connectivity index (χ0n) is 19.4. The predicted octanol–water partition coefficient (Wildman–Crippen LogP) is 5.46. The van der Waals surface area contributed by atoms with Gasteiger partial charge in [-0.1, -0.05) is 35.9 Å². The second-order valence-corrected chi connectivity index (χ2v) is 8.46. The summed E-state index contributed by atoms with van der Waals surface area (Å²) in [6, 6.07) is 19.7. The number of hydrogen-bond donors (Lipinski definition) is 4. The summed E-state index contributed by atoms with van der Waals surface area (Å²) in [7, 11) is 0. The highest BCUT2D eigenvalue weighted by atomic mass is 35.5. The molecule has 0 fully saturated rings. The van der Waals surface area contributed by atoms with Crippen molar-refractivity contribution < 1.29 is 24.0 Å². The molecule has 0 spiro atoms.